The molecular formula is C58H36. The van der Waals surface area contributed by atoms with Gasteiger partial charge >= 0.3 is 0 Å². The van der Waals surface area contributed by atoms with Gasteiger partial charge in [0.1, 0.15) is 0 Å². The Morgan fingerprint density at radius 3 is 1.12 bits per heavy atom. The summed E-state index contributed by atoms with van der Waals surface area (Å²) in [6, 6.07) is 80.9. The third-order valence-corrected chi connectivity index (χ3v) is 12.4. The molecule has 0 aromatic heterocycles. The number of rotatable bonds is 4. The summed E-state index contributed by atoms with van der Waals surface area (Å²) >= 11 is 0. The monoisotopic (exact) mass is 732 g/mol. The molecule has 0 aliphatic heterocycles. The molecule has 0 unspecified atom stereocenters. The first kappa shape index (κ1) is 32.7. The van der Waals surface area contributed by atoms with Crippen LogP contribution in [0.2, 0.25) is 0 Å². The van der Waals surface area contributed by atoms with Crippen molar-refractivity contribution in [1.82, 2.24) is 0 Å². The van der Waals surface area contributed by atoms with Gasteiger partial charge in [0.15, 0.2) is 0 Å². The van der Waals surface area contributed by atoms with Crippen LogP contribution in [-0.2, 0) is 0 Å². The highest BCUT2D eigenvalue weighted by atomic mass is 14.2. The molecule has 0 bridgehead atoms. The van der Waals surface area contributed by atoms with Crippen molar-refractivity contribution in [1.29, 1.82) is 0 Å². The van der Waals surface area contributed by atoms with E-state index in [1.54, 1.807) is 0 Å². The first-order valence-electron chi connectivity index (χ1n) is 20.2. The molecule has 0 amide bonds. The largest absolute Gasteiger partial charge is 0.0616 e. The molecule has 0 nitrogen and oxygen atoms in total. The van der Waals surface area contributed by atoms with Crippen molar-refractivity contribution in [2.45, 2.75) is 0 Å². The second-order valence-corrected chi connectivity index (χ2v) is 15.6. The summed E-state index contributed by atoms with van der Waals surface area (Å²) in [6.07, 6.45) is 0. The quantitative estimate of drug-likeness (QED) is 0.125. The molecule has 0 aliphatic carbocycles. The van der Waals surface area contributed by atoms with Crippen LogP contribution in [0, 0.1) is 0 Å². The summed E-state index contributed by atoms with van der Waals surface area (Å²) in [4.78, 5) is 0. The van der Waals surface area contributed by atoms with Crippen molar-refractivity contribution in [2.24, 2.45) is 0 Å². The maximum absolute atomic E-state index is 2.40. The van der Waals surface area contributed by atoms with Gasteiger partial charge in [-0.3, -0.25) is 0 Å². The van der Waals surface area contributed by atoms with Gasteiger partial charge in [0.2, 0.25) is 0 Å². The van der Waals surface area contributed by atoms with Gasteiger partial charge in [-0.2, -0.15) is 0 Å². The second-order valence-electron chi connectivity index (χ2n) is 15.6. The van der Waals surface area contributed by atoms with Crippen LogP contribution in [0.4, 0.5) is 0 Å². The van der Waals surface area contributed by atoms with Gasteiger partial charge in [0.25, 0.3) is 0 Å². The molecule has 12 aromatic carbocycles. The third-order valence-electron chi connectivity index (χ3n) is 12.4. The smallest absolute Gasteiger partial charge is 0.00199 e. The minimum absolute atomic E-state index is 1.21. The lowest BCUT2D eigenvalue weighted by Crippen LogP contribution is -1.92. The van der Waals surface area contributed by atoms with Crippen LogP contribution in [0.5, 0.6) is 0 Å². The van der Waals surface area contributed by atoms with E-state index in [9.17, 15) is 0 Å². The Balaban J connectivity index is 1.00. The zero-order valence-electron chi connectivity index (χ0n) is 31.8. The van der Waals surface area contributed by atoms with Crippen LogP contribution >= 0.6 is 0 Å². The van der Waals surface area contributed by atoms with E-state index < -0.39 is 0 Å². The van der Waals surface area contributed by atoms with Gasteiger partial charge < -0.3 is 0 Å². The number of benzene rings is 12. The molecular weight excluding hydrogens is 697 g/mol. The molecule has 0 atom stereocenters. The number of fused-ring (bicyclic) bond motifs is 9. The first-order chi connectivity index (χ1) is 28.8. The summed E-state index contributed by atoms with van der Waals surface area (Å²) in [6.45, 7) is 0. The summed E-state index contributed by atoms with van der Waals surface area (Å²) < 4.78 is 0. The summed E-state index contributed by atoms with van der Waals surface area (Å²) in [5, 5.41) is 17.8. The van der Waals surface area contributed by atoms with Gasteiger partial charge in [-0.15, -0.1) is 0 Å². The van der Waals surface area contributed by atoms with E-state index in [4.69, 9.17) is 0 Å². The molecule has 0 radical (unpaired) electrons. The lowest BCUT2D eigenvalue weighted by Gasteiger charge is -2.20. The summed E-state index contributed by atoms with van der Waals surface area (Å²) in [5.41, 5.74) is 9.99. The van der Waals surface area contributed by atoms with Gasteiger partial charge in [0.05, 0.1) is 0 Å². The third kappa shape index (κ3) is 5.09. The van der Waals surface area contributed by atoms with Gasteiger partial charge in [0, 0.05) is 0 Å². The minimum atomic E-state index is 1.21. The van der Waals surface area contributed by atoms with Crippen LogP contribution in [0.15, 0.2) is 218 Å². The van der Waals surface area contributed by atoms with Crippen LogP contribution < -0.4 is 0 Å². The highest BCUT2D eigenvalue weighted by Crippen LogP contribution is 2.47. The van der Waals surface area contributed by atoms with E-state index in [-0.39, 0.29) is 0 Å². The average Bonchev–Trinajstić information content (AvgIpc) is 3.30. The molecule has 0 heteroatoms. The van der Waals surface area contributed by atoms with Crippen molar-refractivity contribution in [2.75, 3.05) is 0 Å². The Morgan fingerprint density at radius 2 is 0.552 bits per heavy atom. The summed E-state index contributed by atoms with van der Waals surface area (Å²) in [7, 11) is 0. The van der Waals surface area contributed by atoms with Crippen LogP contribution in [0.25, 0.3) is 120 Å². The molecule has 58 heavy (non-hydrogen) atoms. The highest BCUT2D eigenvalue weighted by Gasteiger charge is 2.19. The molecule has 12 aromatic rings. The van der Waals surface area contributed by atoms with Crippen LogP contribution in [0.3, 0.4) is 0 Å². The van der Waals surface area contributed by atoms with E-state index in [1.165, 1.54) is 120 Å². The van der Waals surface area contributed by atoms with E-state index in [1.807, 2.05) is 0 Å². The van der Waals surface area contributed by atoms with E-state index >= 15 is 0 Å². The first-order valence-corrected chi connectivity index (χ1v) is 20.2. The Morgan fingerprint density at radius 1 is 0.172 bits per heavy atom. The number of hydrogen-bond acceptors (Lipinski definition) is 0. The normalized spacial score (nSPS) is 11.8. The zero-order chi connectivity index (χ0) is 38.2. The Hall–Kier alpha value is -7.54. The standard InChI is InChI=1S/C58H36/c1-3-15-45-41(13-1)35-55(49-19-7-5-17-47(45)49)39-29-25-37(26-30-39)40-31-27-38-28-32-43(34-44(38)33-40)57-51-21-9-11-23-53(51)58(54-24-12-10-22-52(54)57)56-36-42-14-2-4-16-46(42)48-18-6-8-20-50(48)56/h1-36H. The lowest BCUT2D eigenvalue weighted by molar-refractivity contribution is 1.62. The van der Waals surface area contributed by atoms with Crippen molar-refractivity contribution in [3.63, 3.8) is 0 Å². The Labute approximate surface area is 336 Å². The van der Waals surface area contributed by atoms with E-state index in [2.05, 4.69) is 218 Å². The Kier molecular flexibility index (Phi) is 7.33. The Bertz CT molecular complexity index is 3550. The molecule has 268 valence electrons. The zero-order valence-corrected chi connectivity index (χ0v) is 31.8. The average molecular weight is 733 g/mol. The molecule has 0 saturated carbocycles. The van der Waals surface area contributed by atoms with Gasteiger partial charge in [-0.05, 0) is 144 Å². The van der Waals surface area contributed by atoms with Crippen molar-refractivity contribution in [3.05, 3.63) is 218 Å². The predicted molar refractivity (Wildman–Crippen MR) is 251 cm³/mol. The van der Waals surface area contributed by atoms with Crippen molar-refractivity contribution >= 4 is 75.4 Å². The summed E-state index contributed by atoms with van der Waals surface area (Å²) in [5.74, 6) is 0. The van der Waals surface area contributed by atoms with Crippen molar-refractivity contribution < 1.29 is 0 Å². The SMILES string of the molecule is c1ccc2c(c1)cc(-c1ccc(-c3ccc4ccc(-c5c6ccccc6c(-c6cc7ccccc7c7ccccc67)c6ccccc56)cc4c3)cc1)c1ccccc12. The molecule has 0 aliphatic rings. The second kappa shape index (κ2) is 13.0. The van der Waals surface area contributed by atoms with Crippen LogP contribution in [-0.4, -0.2) is 0 Å². The fourth-order valence-corrected chi connectivity index (χ4v) is 9.71. The molecule has 0 heterocycles. The molecule has 12 rings (SSSR count). The van der Waals surface area contributed by atoms with Crippen LogP contribution in [0.1, 0.15) is 0 Å². The fraction of sp³-hybridized carbons (Fsp3) is 0. The molecule has 0 spiro atoms. The highest BCUT2D eigenvalue weighted by molar-refractivity contribution is 6.26. The lowest BCUT2D eigenvalue weighted by atomic mass is 9.83. The van der Waals surface area contributed by atoms with E-state index in [0.717, 1.165) is 0 Å². The maximum atomic E-state index is 2.40. The number of hydrogen-bond donors (Lipinski definition) is 0. The molecule has 0 N–H and O–H groups in total. The van der Waals surface area contributed by atoms with Gasteiger partial charge in [-0.1, -0.05) is 194 Å². The maximum Gasteiger partial charge on any atom is -0.00199 e. The molecule has 0 fully saturated rings. The topological polar surface area (TPSA) is 0 Å². The predicted octanol–water partition coefficient (Wildman–Crippen LogP) is 16.4. The van der Waals surface area contributed by atoms with Crippen molar-refractivity contribution in [3.8, 4) is 44.5 Å². The minimum Gasteiger partial charge on any atom is -0.0616 e. The van der Waals surface area contributed by atoms with E-state index in [0.29, 0.717) is 0 Å². The molecule has 0 saturated heterocycles. The fourth-order valence-electron chi connectivity index (χ4n) is 9.71. The van der Waals surface area contributed by atoms with Gasteiger partial charge in [-0.25, -0.2) is 0 Å².